The molecule has 1 saturated heterocycles. The van der Waals surface area contributed by atoms with Crippen LogP contribution in [-0.2, 0) is 4.79 Å². The molecule has 0 aliphatic carbocycles. The molecule has 1 aromatic carbocycles. The number of pyridine rings is 1. The van der Waals surface area contributed by atoms with Crippen LogP contribution in [0.15, 0.2) is 58.7 Å². The summed E-state index contributed by atoms with van der Waals surface area (Å²) in [5.74, 6) is 0.688. The summed E-state index contributed by atoms with van der Waals surface area (Å²) in [5, 5.41) is 0.636. The minimum atomic E-state index is -0.0690. The monoisotopic (exact) mass is 325 g/mol. The second-order valence-corrected chi connectivity index (χ2v) is 5.87. The molecule has 23 heavy (non-hydrogen) atoms. The average molecular weight is 325 g/mol. The first-order chi connectivity index (χ1) is 11.2. The molecular formula is C17H15N3O2S. The summed E-state index contributed by atoms with van der Waals surface area (Å²) in [6.45, 7) is 0. The summed E-state index contributed by atoms with van der Waals surface area (Å²) in [6, 6.07) is 11.2. The van der Waals surface area contributed by atoms with Crippen molar-refractivity contribution in [3.05, 3.63) is 59.3 Å². The van der Waals surface area contributed by atoms with Crippen molar-refractivity contribution in [1.29, 1.82) is 0 Å². The van der Waals surface area contributed by atoms with E-state index in [1.165, 1.54) is 11.8 Å². The lowest BCUT2D eigenvalue weighted by atomic mass is 10.2. The molecule has 1 aromatic heterocycles. The van der Waals surface area contributed by atoms with E-state index in [1.807, 2.05) is 42.5 Å². The fourth-order valence-electron chi connectivity index (χ4n) is 2.06. The maximum atomic E-state index is 12.4. The highest BCUT2D eigenvalue weighted by atomic mass is 32.2. The second-order valence-electron chi connectivity index (χ2n) is 4.86. The number of aromatic nitrogens is 1. The summed E-state index contributed by atoms with van der Waals surface area (Å²) >= 11 is 1.35. The van der Waals surface area contributed by atoms with E-state index < -0.39 is 0 Å². The first-order valence-electron chi connectivity index (χ1n) is 6.98. The number of nitrogens with zero attached hydrogens (tertiary/aromatic N) is 3. The number of hydrogen-bond acceptors (Lipinski definition) is 5. The summed E-state index contributed by atoms with van der Waals surface area (Å²) in [7, 11) is 3.34. The minimum absolute atomic E-state index is 0.0690. The van der Waals surface area contributed by atoms with Gasteiger partial charge in [-0.1, -0.05) is 12.1 Å². The Kier molecular flexibility index (Phi) is 4.43. The Morgan fingerprint density at radius 3 is 2.91 bits per heavy atom. The predicted molar refractivity (Wildman–Crippen MR) is 92.7 cm³/mol. The second kappa shape index (κ2) is 6.66. The molecule has 6 heteroatoms. The maximum Gasteiger partial charge on any atom is 0.266 e. The molecule has 0 atom stereocenters. The molecule has 0 spiro atoms. The number of ether oxygens (including phenoxy) is 1. The predicted octanol–water partition coefficient (Wildman–Crippen LogP) is 3.32. The van der Waals surface area contributed by atoms with Gasteiger partial charge in [-0.2, -0.15) is 0 Å². The van der Waals surface area contributed by atoms with Crippen molar-refractivity contribution in [2.75, 3.05) is 14.2 Å². The number of thioether (sulfide) groups is 1. The van der Waals surface area contributed by atoms with Gasteiger partial charge < -0.3 is 4.74 Å². The largest absolute Gasteiger partial charge is 0.497 e. The standard InChI is InChI=1S/C17H15N3O2S/c1-20-16(21)15(10-12-5-3-7-14(9-12)22-2)23-17(20)19-13-6-4-8-18-11-13/h3-11H,1-2H3/b15-10-,19-17?. The molecule has 3 rings (SSSR count). The van der Waals surface area contributed by atoms with E-state index in [1.54, 1.807) is 31.5 Å². The van der Waals surface area contributed by atoms with Crippen molar-refractivity contribution in [3.8, 4) is 5.75 Å². The van der Waals surface area contributed by atoms with Crippen molar-refractivity contribution in [2.24, 2.45) is 4.99 Å². The molecule has 0 bridgehead atoms. The van der Waals surface area contributed by atoms with E-state index in [0.717, 1.165) is 17.0 Å². The average Bonchev–Trinajstić information content (AvgIpc) is 2.84. The Balaban J connectivity index is 1.89. The molecule has 0 N–H and O–H groups in total. The van der Waals surface area contributed by atoms with Gasteiger partial charge in [0.05, 0.1) is 23.9 Å². The van der Waals surface area contributed by atoms with Crippen LogP contribution in [0.1, 0.15) is 5.56 Å². The van der Waals surface area contributed by atoms with Crippen LogP contribution in [0.25, 0.3) is 6.08 Å². The Labute approximate surface area is 138 Å². The van der Waals surface area contributed by atoms with Gasteiger partial charge in [0.2, 0.25) is 0 Å². The number of hydrogen-bond donors (Lipinski definition) is 0. The van der Waals surface area contributed by atoms with E-state index >= 15 is 0 Å². The van der Waals surface area contributed by atoms with E-state index in [9.17, 15) is 4.79 Å². The van der Waals surface area contributed by atoms with Gasteiger partial charge in [-0.05, 0) is 47.7 Å². The number of methoxy groups -OCH3 is 1. The quantitative estimate of drug-likeness (QED) is 0.812. The summed E-state index contributed by atoms with van der Waals surface area (Å²) in [5.41, 5.74) is 1.63. The van der Waals surface area contributed by atoms with Crippen molar-refractivity contribution in [1.82, 2.24) is 9.88 Å². The van der Waals surface area contributed by atoms with E-state index in [-0.39, 0.29) is 5.91 Å². The number of likely N-dealkylation sites (N-methyl/N-ethyl adjacent to an activating group) is 1. The molecule has 1 fully saturated rings. The van der Waals surface area contributed by atoms with E-state index in [4.69, 9.17) is 4.74 Å². The van der Waals surface area contributed by atoms with Crippen molar-refractivity contribution in [2.45, 2.75) is 0 Å². The summed E-state index contributed by atoms with van der Waals surface area (Å²) < 4.78 is 5.21. The SMILES string of the molecule is COc1cccc(/C=C2\SC(=Nc3cccnc3)N(C)C2=O)c1. The van der Waals surface area contributed by atoms with Gasteiger partial charge in [-0.25, -0.2) is 4.99 Å². The zero-order valence-corrected chi connectivity index (χ0v) is 13.6. The maximum absolute atomic E-state index is 12.4. The number of amides is 1. The van der Waals surface area contributed by atoms with Gasteiger partial charge in [0, 0.05) is 13.2 Å². The lowest BCUT2D eigenvalue weighted by Crippen LogP contribution is -2.23. The molecule has 1 amide bonds. The Morgan fingerprint density at radius 2 is 2.17 bits per heavy atom. The molecule has 1 aliphatic rings. The van der Waals surface area contributed by atoms with Crippen LogP contribution >= 0.6 is 11.8 Å². The number of carbonyl (C=O) groups excluding carboxylic acids is 1. The Morgan fingerprint density at radius 1 is 1.30 bits per heavy atom. The van der Waals surface area contributed by atoms with Gasteiger partial charge in [-0.15, -0.1) is 0 Å². The van der Waals surface area contributed by atoms with Gasteiger partial charge in [-0.3, -0.25) is 14.7 Å². The van der Waals surface area contributed by atoms with Gasteiger partial charge in [0.1, 0.15) is 5.75 Å². The van der Waals surface area contributed by atoms with Crippen LogP contribution in [0.2, 0.25) is 0 Å². The van der Waals surface area contributed by atoms with Crippen LogP contribution in [0.3, 0.4) is 0 Å². The fourth-order valence-corrected chi connectivity index (χ4v) is 3.05. The Hall–Kier alpha value is -2.60. The lowest BCUT2D eigenvalue weighted by molar-refractivity contribution is -0.121. The summed E-state index contributed by atoms with van der Waals surface area (Å²) in [4.78, 5) is 23.0. The Bertz CT molecular complexity index is 787. The van der Waals surface area contributed by atoms with Crippen LogP contribution < -0.4 is 4.74 Å². The lowest BCUT2D eigenvalue weighted by Gasteiger charge is -2.06. The highest BCUT2D eigenvalue weighted by Gasteiger charge is 2.30. The molecule has 0 radical (unpaired) electrons. The first-order valence-corrected chi connectivity index (χ1v) is 7.79. The third-order valence-electron chi connectivity index (χ3n) is 3.27. The van der Waals surface area contributed by atoms with E-state index in [0.29, 0.717) is 10.1 Å². The van der Waals surface area contributed by atoms with Gasteiger partial charge >= 0.3 is 0 Å². The van der Waals surface area contributed by atoms with Gasteiger partial charge in [0.15, 0.2) is 5.17 Å². The van der Waals surface area contributed by atoms with Crippen molar-refractivity contribution >= 4 is 34.6 Å². The van der Waals surface area contributed by atoms with E-state index in [2.05, 4.69) is 9.98 Å². The van der Waals surface area contributed by atoms with Crippen LogP contribution in [0.5, 0.6) is 5.75 Å². The molecular weight excluding hydrogens is 310 g/mol. The van der Waals surface area contributed by atoms with Crippen LogP contribution in [0, 0.1) is 0 Å². The number of aliphatic imine (C=N–C) groups is 1. The number of amidine groups is 1. The molecule has 0 saturated carbocycles. The zero-order valence-electron chi connectivity index (χ0n) is 12.8. The molecule has 116 valence electrons. The molecule has 1 aliphatic heterocycles. The third-order valence-corrected chi connectivity index (χ3v) is 4.33. The third kappa shape index (κ3) is 3.43. The number of rotatable bonds is 3. The molecule has 5 nitrogen and oxygen atoms in total. The smallest absolute Gasteiger partial charge is 0.266 e. The molecule has 2 heterocycles. The van der Waals surface area contributed by atoms with Crippen LogP contribution in [-0.4, -0.2) is 35.1 Å². The van der Waals surface area contributed by atoms with Gasteiger partial charge in [0.25, 0.3) is 5.91 Å². The topological polar surface area (TPSA) is 54.8 Å². The molecule has 0 unspecified atom stereocenters. The van der Waals surface area contributed by atoms with Crippen LogP contribution in [0.4, 0.5) is 5.69 Å². The summed E-state index contributed by atoms with van der Waals surface area (Å²) in [6.07, 6.45) is 5.20. The normalized spacial score (nSPS) is 18.0. The highest BCUT2D eigenvalue weighted by molar-refractivity contribution is 8.18. The minimum Gasteiger partial charge on any atom is -0.497 e. The molecule has 2 aromatic rings. The van der Waals surface area contributed by atoms with Crippen molar-refractivity contribution in [3.63, 3.8) is 0 Å². The zero-order chi connectivity index (χ0) is 16.2. The number of benzene rings is 1. The number of carbonyl (C=O) groups is 1. The first kappa shape index (κ1) is 15.3. The van der Waals surface area contributed by atoms with Crippen molar-refractivity contribution < 1.29 is 9.53 Å². The fraction of sp³-hybridized carbons (Fsp3) is 0.118. The highest BCUT2D eigenvalue weighted by Crippen LogP contribution is 2.33.